The molecule has 0 fully saturated rings. The Bertz CT molecular complexity index is 1110. The molecule has 1 heterocycles. The van der Waals surface area contributed by atoms with Crippen LogP contribution in [-0.2, 0) is 15.4 Å². The molecule has 0 saturated heterocycles. The average molecular weight is 442 g/mol. The summed E-state index contributed by atoms with van der Waals surface area (Å²) in [5.41, 5.74) is 9.50. The minimum atomic E-state index is -3.50. The van der Waals surface area contributed by atoms with Crippen molar-refractivity contribution in [3.05, 3.63) is 77.5 Å². The van der Waals surface area contributed by atoms with Crippen molar-refractivity contribution in [2.75, 3.05) is 18.8 Å². The van der Waals surface area contributed by atoms with E-state index in [1.54, 1.807) is 13.1 Å². The third-order valence-electron chi connectivity index (χ3n) is 5.74. The van der Waals surface area contributed by atoms with Gasteiger partial charge in [0.25, 0.3) is 0 Å². The first-order valence-corrected chi connectivity index (χ1v) is 12.2. The van der Waals surface area contributed by atoms with Crippen LogP contribution in [0.25, 0.3) is 0 Å². The minimum Gasteiger partial charge on any atom is -0.457 e. The number of nitrogens with two attached hydrogens (primary N) is 1. The predicted molar refractivity (Wildman–Crippen MR) is 129 cm³/mol. The zero-order valence-corrected chi connectivity index (χ0v) is 19.9. The predicted octanol–water partition coefficient (Wildman–Crippen LogP) is 5.15. The van der Waals surface area contributed by atoms with Crippen molar-refractivity contribution >= 4 is 15.7 Å². The van der Waals surface area contributed by atoms with Crippen molar-refractivity contribution in [1.29, 1.82) is 0 Å². The summed E-state index contributed by atoms with van der Waals surface area (Å²) >= 11 is 0. The molecule has 3 rings (SSSR count). The fourth-order valence-electron chi connectivity index (χ4n) is 3.69. The summed E-state index contributed by atoms with van der Waals surface area (Å²) in [5.74, 6) is 1.38. The lowest BCUT2D eigenvalue weighted by molar-refractivity contribution is 0.473. The fraction of sp³-hybridized carbons (Fsp3) is 0.360. The number of ether oxygens (including phenoxy) is 1. The molecule has 5 nitrogen and oxygen atoms in total. The van der Waals surface area contributed by atoms with Gasteiger partial charge in [-0.1, -0.05) is 39.0 Å². The van der Waals surface area contributed by atoms with Crippen LogP contribution in [0.15, 0.2) is 66.4 Å². The zero-order valence-electron chi connectivity index (χ0n) is 19.1. The molecule has 0 radical (unpaired) electrons. The molecule has 1 aliphatic rings. The number of sulfonamides is 1. The molecule has 2 N–H and O–H groups in total. The Labute approximate surface area is 186 Å². The van der Waals surface area contributed by atoms with Crippen LogP contribution < -0.4 is 14.4 Å². The summed E-state index contributed by atoms with van der Waals surface area (Å²) < 4.78 is 32.4. The lowest BCUT2D eigenvalue weighted by atomic mass is 9.87. The van der Waals surface area contributed by atoms with Crippen LogP contribution in [0.5, 0.6) is 11.5 Å². The molecule has 2 aromatic carbocycles. The van der Waals surface area contributed by atoms with Gasteiger partial charge in [-0.15, -0.1) is 0 Å². The van der Waals surface area contributed by atoms with Crippen molar-refractivity contribution in [3.63, 3.8) is 0 Å². The van der Waals surface area contributed by atoms with Gasteiger partial charge in [-0.25, -0.2) is 0 Å². The molecule has 0 aromatic heterocycles. The van der Waals surface area contributed by atoms with Gasteiger partial charge in [-0.3, -0.25) is 0 Å². The highest BCUT2D eigenvalue weighted by Crippen LogP contribution is 2.37. The van der Waals surface area contributed by atoms with Crippen LogP contribution >= 0.6 is 0 Å². The molecule has 6 heteroatoms. The van der Waals surface area contributed by atoms with E-state index in [2.05, 4.69) is 32.9 Å². The third kappa shape index (κ3) is 4.61. The third-order valence-corrected chi connectivity index (χ3v) is 7.92. The Morgan fingerprint density at radius 3 is 2.35 bits per heavy atom. The highest BCUT2D eigenvalue weighted by atomic mass is 32.2. The lowest BCUT2D eigenvalue weighted by Crippen LogP contribution is -2.51. The normalized spacial score (nSPS) is 19.2. The van der Waals surface area contributed by atoms with E-state index in [-0.39, 0.29) is 21.6 Å². The molecular formula is C25H33N2O3S+. The molecule has 0 saturated carbocycles. The number of nitrogens with zero attached hydrogens (tertiary/aromatic N) is 1. The van der Waals surface area contributed by atoms with Crippen LogP contribution in [0, 0.1) is 6.92 Å². The largest absolute Gasteiger partial charge is 0.457 e. The number of aryl methyl sites for hydroxylation is 1. The second-order valence-electron chi connectivity index (χ2n) is 8.99. The SMILES string of the molecule is CCS(=O)(=O)[N+]1(c2ccc(C)c(Oc3ccc(C(C)(C)C)cc3)c2)C=C(CN)C=CC1. The summed E-state index contributed by atoms with van der Waals surface area (Å²) in [6.45, 7) is 10.7. The minimum absolute atomic E-state index is 0.0214. The highest BCUT2D eigenvalue weighted by Gasteiger charge is 2.42. The van der Waals surface area contributed by atoms with E-state index in [9.17, 15) is 8.42 Å². The number of hydrogen-bond donors (Lipinski definition) is 1. The maximum atomic E-state index is 13.2. The quantitative estimate of drug-likeness (QED) is 0.629. The van der Waals surface area contributed by atoms with Crippen LogP contribution in [0.2, 0.25) is 0 Å². The van der Waals surface area contributed by atoms with Gasteiger partial charge in [0.05, 0.1) is 5.75 Å². The van der Waals surface area contributed by atoms with Gasteiger partial charge >= 0.3 is 10.0 Å². The van der Waals surface area contributed by atoms with Gasteiger partial charge in [0, 0.05) is 24.3 Å². The van der Waals surface area contributed by atoms with Gasteiger partial charge in [0.15, 0.2) is 5.69 Å². The first-order valence-electron chi connectivity index (χ1n) is 10.6. The van der Waals surface area contributed by atoms with Crippen LogP contribution in [-0.4, -0.2) is 27.3 Å². The number of benzene rings is 2. The Balaban J connectivity index is 2.04. The summed E-state index contributed by atoms with van der Waals surface area (Å²) in [6.07, 6.45) is 5.52. The molecule has 1 aliphatic heterocycles. The van der Waals surface area contributed by atoms with Gasteiger partial charge in [0.2, 0.25) is 0 Å². The van der Waals surface area contributed by atoms with E-state index in [0.29, 0.717) is 18.0 Å². The van der Waals surface area contributed by atoms with E-state index in [4.69, 9.17) is 10.5 Å². The van der Waals surface area contributed by atoms with E-state index >= 15 is 0 Å². The van der Waals surface area contributed by atoms with Gasteiger partial charge in [0.1, 0.15) is 24.2 Å². The van der Waals surface area contributed by atoms with Crippen molar-refractivity contribution < 1.29 is 13.2 Å². The van der Waals surface area contributed by atoms with Crippen molar-refractivity contribution in [2.24, 2.45) is 5.73 Å². The smallest absolute Gasteiger partial charge is 0.306 e. The van der Waals surface area contributed by atoms with Crippen LogP contribution in [0.1, 0.15) is 38.8 Å². The van der Waals surface area contributed by atoms with E-state index < -0.39 is 10.0 Å². The lowest BCUT2D eigenvalue weighted by Gasteiger charge is -2.34. The molecule has 1 unspecified atom stereocenters. The maximum absolute atomic E-state index is 13.2. The molecule has 0 spiro atoms. The first-order chi connectivity index (χ1) is 14.5. The van der Waals surface area contributed by atoms with Crippen LogP contribution in [0.3, 0.4) is 0 Å². The monoisotopic (exact) mass is 441 g/mol. The molecule has 0 amide bonds. The Hall–Kier alpha value is -2.41. The molecule has 166 valence electrons. The van der Waals surface area contributed by atoms with E-state index in [1.807, 2.05) is 49.4 Å². The summed E-state index contributed by atoms with van der Waals surface area (Å²) in [5, 5.41) is 0. The molecule has 0 bridgehead atoms. The molecular weight excluding hydrogens is 408 g/mol. The van der Waals surface area contributed by atoms with Gasteiger partial charge in [-0.05, 0) is 54.7 Å². The number of rotatable bonds is 6. The van der Waals surface area contributed by atoms with Crippen molar-refractivity contribution in [2.45, 2.75) is 40.0 Å². The molecule has 0 aliphatic carbocycles. The summed E-state index contributed by atoms with van der Waals surface area (Å²) in [4.78, 5) is 0. The maximum Gasteiger partial charge on any atom is 0.306 e. The molecule has 2 aromatic rings. The summed E-state index contributed by atoms with van der Waals surface area (Å²) in [6, 6.07) is 13.6. The fourth-order valence-corrected chi connectivity index (χ4v) is 5.20. The summed E-state index contributed by atoms with van der Waals surface area (Å²) in [7, 11) is -3.50. The second kappa shape index (κ2) is 8.61. The number of hydrogen-bond acceptors (Lipinski definition) is 4. The molecule has 1 atom stereocenters. The zero-order chi connectivity index (χ0) is 22.9. The molecule has 31 heavy (non-hydrogen) atoms. The Morgan fingerprint density at radius 2 is 1.77 bits per heavy atom. The average Bonchev–Trinajstić information content (AvgIpc) is 2.74. The van der Waals surface area contributed by atoms with E-state index in [0.717, 1.165) is 16.9 Å². The van der Waals surface area contributed by atoms with Gasteiger partial charge in [-0.2, -0.15) is 12.3 Å². The van der Waals surface area contributed by atoms with Crippen molar-refractivity contribution in [1.82, 2.24) is 3.89 Å². The van der Waals surface area contributed by atoms with Crippen LogP contribution in [0.4, 0.5) is 5.69 Å². The first kappa shape index (κ1) is 23.3. The van der Waals surface area contributed by atoms with Crippen molar-refractivity contribution in [3.8, 4) is 11.5 Å². The van der Waals surface area contributed by atoms with E-state index in [1.165, 1.54) is 5.56 Å². The number of quaternary nitrogens is 1. The Morgan fingerprint density at radius 1 is 1.10 bits per heavy atom. The topological polar surface area (TPSA) is 69.4 Å². The standard InChI is InChI=1S/C25H33N2O3S/c1-6-31(28,29)27(15-7-8-20(17-26)18-27)22-12-9-19(2)24(16-22)30-23-13-10-21(11-14-23)25(3,4)5/h7-14,16,18H,6,15,17,26H2,1-5H3/q+1. The van der Waals surface area contributed by atoms with Gasteiger partial charge < -0.3 is 10.5 Å². The Kier molecular flexibility index (Phi) is 6.46. The highest BCUT2D eigenvalue weighted by molar-refractivity contribution is 7.91. The second-order valence-corrected chi connectivity index (χ2v) is 11.4.